The van der Waals surface area contributed by atoms with E-state index in [0.29, 0.717) is 35.9 Å². The fourth-order valence-electron chi connectivity index (χ4n) is 2.82. The van der Waals surface area contributed by atoms with Crippen molar-refractivity contribution in [1.82, 2.24) is 0 Å². The summed E-state index contributed by atoms with van der Waals surface area (Å²) < 4.78 is 10.9. The number of carbonyl (C=O) groups excluding carboxylic acids is 1. The zero-order valence-corrected chi connectivity index (χ0v) is 15.9. The van der Waals surface area contributed by atoms with Crippen LogP contribution in [0, 0.1) is 0 Å². The summed E-state index contributed by atoms with van der Waals surface area (Å²) in [5, 5.41) is 9.29. The zero-order chi connectivity index (χ0) is 19.9. The third kappa shape index (κ3) is 4.25. The third-order valence-electron chi connectivity index (χ3n) is 4.04. The van der Waals surface area contributed by atoms with Crippen molar-refractivity contribution in [3.63, 3.8) is 0 Å². The van der Waals surface area contributed by atoms with Gasteiger partial charge in [0.25, 0.3) is 0 Å². The van der Waals surface area contributed by atoms with Crippen molar-refractivity contribution in [2.24, 2.45) is 0 Å². The maximum Gasteiger partial charge on any atom is 0.362 e. The van der Waals surface area contributed by atoms with Crippen molar-refractivity contribution in [2.75, 3.05) is 29.1 Å². The number of fused-ring (bicyclic) bond motifs is 1. The SMILES string of the molecule is CCCNc1c(NC(=O)Nc2ccccc2OCC)c(=O)oc2ccccc12. The number of rotatable bonds is 7. The van der Waals surface area contributed by atoms with Gasteiger partial charge in [-0.05, 0) is 37.6 Å². The Bertz CT molecular complexity index is 1030. The lowest BCUT2D eigenvalue weighted by atomic mass is 10.2. The summed E-state index contributed by atoms with van der Waals surface area (Å²) in [7, 11) is 0. The highest BCUT2D eigenvalue weighted by Crippen LogP contribution is 2.29. The fraction of sp³-hybridized carbons (Fsp3) is 0.238. The van der Waals surface area contributed by atoms with Gasteiger partial charge in [0.05, 0.1) is 18.0 Å². The second-order valence-electron chi connectivity index (χ2n) is 6.07. The average molecular weight is 381 g/mol. The van der Waals surface area contributed by atoms with E-state index in [9.17, 15) is 9.59 Å². The fourth-order valence-corrected chi connectivity index (χ4v) is 2.82. The molecular weight excluding hydrogens is 358 g/mol. The Hall–Kier alpha value is -3.48. The highest BCUT2D eigenvalue weighted by Gasteiger charge is 2.17. The Labute approximate surface area is 162 Å². The number of urea groups is 1. The van der Waals surface area contributed by atoms with Crippen molar-refractivity contribution in [2.45, 2.75) is 20.3 Å². The van der Waals surface area contributed by atoms with Crippen LogP contribution in [0.3, 0.4) is 0 Å². The van der Waals surface area contributed by atoms with Crippen LogP contribution in [0.25, 0.3) is 11.0 Å². The summed E-state index contributed by atoms with van der Waals surface area (Å²) in [5.74, 6) is 0.551. The number of para-hydroxylation sites is 3. The van der Waals surface area contributed by atoms with Crippen molar-refractivity contribution >= 4 is 34.1 Å². The third-order valence-corrected chi connectivity index (χ3v) is 4.04. The van der Waals surface area contributed by atoms with Crippen LogP contribution in [-0.2, 0) is 0 Å². The first-order chi connectivity index (χ1) is 13.6. The molecule has 1 aromatic heterocycles. The van der Waals surface area contributed by atoms with Crippen LogP contribution in [0.1, 0.15) is 20.3 Å². The smallest absolute Gasteiger partial charge is 0.362 e. The van der Waals surface area contributed by atoms with E-state index in [-0.39, 0.29) is 5.69 Å². The van der Waals surface area contributed by atoms with Crippen LogP contribution in [0.2, 0.25) is 0 Å². The second kappa shape index (κ2) is 8.94. The number of benzene rings is 2. The molecule has 0 saturated heterocycles. The van der Waals surface area contributed by atoms with Gasteiger partial charge in [-0.2, -0.15) is 0 Å². The van der Waals surface area contributed by atoms with Gasteiger partial charge in [-0.25, -0.2) is 9.59 Å². The van der Waals surface area contributed by atoms with Crippen molar-refractivity contribution in [3.05, 3.63) is 59.0 Å². The van der Waals surface area contributed by atoms with Crippen LogP contribution in [0.4, 0.5) is 21.9 Å². The number of anilines is 3. The molecule has 3 rings (SSSR count). The molecule has 0 radical (unpaired) electrons. The largest absolute Gasteiger partial charge is 0.492 e. The van der Waals surface area contributed by atoms with Gasteiger partial charge in [-0.15, -0.1) is 0 Å². The monoisotopic (exact) mass is 381 g/mol. The van der Waals surface area contributed by atoms with E-state index in [4.69, 9.17) is 9.15 Å². The molecule has 0 spiro atoms. The number of hydrogen-bond donors (Lipinski definition) is 3. The van der Waals surface area contributed by atoms with Gasteiger partial charge in [0.2, 0.25) is 0 Å². The molecule has 146 valence electrons. The van der Waals surface area contributed by atoms with Crippen molar-refractivity contribution in [1.29, 1.82) is 0 Å². The zero-order valence-electron chi connectivity index (χ0n) is 15.9. The van der Waals surface area contributed by atoms with Gasteiger partial charge < -0.3 is 19.8 Å². The Balaban J connectivity index is 1.92. The molecule has 28 heavy (non-hydrogen) atoms. The molecule has 3 N–H and O–H groups in total. The number of ether oxygens (including phenoxy) is 1. The molecule has 0 aliphatic heterocycles. The van der Waals surface area contributed by atoms with E-state index in [0.717, 1.165) is 11.8 Å². The summed E-state index contributed by atoms with van der Waals surface area (Å²) in [6, 6.07) is 13.7. The molecule has 0 fully saturated rings. The molecule has 1 heterocycles. The molecule has 0 aliphatic rings. The molecule has 0 bridgehead atoms. The van der Waals surface area contributed by atoms with Gasteiger partial charge in [-0.1, -0.05) is 31.2 Å². The summed E-state index contributed by atoms with van der Waals surface area (Å²) in [5.41, 5.74) is 0.958. The van der Waals surface area contributed by atoms with Crippen LogP contribution in [-0.4, -0.2) is 19.2 Å². The maximum atomic E-state index is 12.6. The van der Waals surface area contributed by atoms with Crippen LogP contribution >= 0.6 is 0 Å². The van der Waals surface area contributed by atoms with E-state index in [1.807, 2.05) is 32.0 Å². The minimum Gasteiger partial charge on any atom is -0.492 e. The quantitative estimate of drug-likeness (QED) is 0.518. The van der Waals surface area contributed by atoms with E-state index in [1.165, 1.54) is 0 Å². The first kappa shape index (κ1) is 19.3. The van der Waals surface area contributed by atoms with Crippen molar-refractivity contribution in [3.8, 4) is 5.75 Å². The standard InChI is InChI=1S/C21H23N3O4/c1-3-13-22-18-14-9-5-7-11-16(14)28-20(25)19(18)24-21(26)23-15-10-6-8-12-17(15)27-4-2/h5-12,22H,3-4,13H2,1-2H3,(H2,23,24,26). The minimum atomic E-state index is -0.620. The Morgan fingerprint density at radius 3 is 2.54 bits per heavy atom. The van der Waals surface area contributed by atoms with Gasteiger partial charge in [0.1, 0.15) is 11.3 Å². The van der Waals surface area contributed by atoms with E-state index in [1.54, 1.807) is 30.3 Å². The first-order valence-corrected chi connectivity index (χ1v) is 9.23. The lowest BCUT2D eigenvalue weighted by Crippen LogP contribution is -2.25. The number of carbonyl (C=O) groups is 1. The topological polar surface area (TPSA) is 92.6 Å². The molecular formula is C21H23N3O4. The Kier molecular flexibility index (Phi) is 6.16. The molecule has 0 unspecified atom stereocenters. The molecule has 2 amide bonds. The second-order valence-corrected chi connectivity index (χ2v) is 6.07. The van der Waals surface area contributed by atoms with Crippen LogP contribution in [0.15, 0.2) is 57.7 Å². The molecule has 3 aromatic rings. The highest BCUT2D eigenvalue weighted by atomic mass is 16.5. The predicted octanol–water partition coefficient (Wildman–Crippen LogP) is 4.66. The molecule has 0 saturated carbocycles. The average Bonchev–Trinajstić information content (AvgIpc) is 2.69. The highest BCUT2D eigenvalue weighted by molar-refractivity contribution is 6.06. The summed E-state index contributed by atoms with van der Waals surface area (Å²) in [6.45, 7) is 5.00. The number of hydrogen-bond acceptors (Lipinski definition) is 5. The molecule has 7 nitrogen and oxygen atoms in total. The Morgan fingerprint density at radius 2 is 1.75 bits per heavy atom. The summed E-state index contributed by atoms with van der Waals surface area (Å²) in [4.78, 5) is 25.1. The van der Waals surface area contributed by atoms with Gasteiger partial charge in [-0.3, -0.25) is 5.32 Å². The van der Waals surface area contributed by atoms with E-state index in [2.05, 4.69) is 16.0 Å². The van der Waals surface area contributed by atoms with Crippen LogP contribution in [0.5, 0.6) is 5.75 Å². The Morgan fingerprint density at radius 1 is 1.00 bits per heavy atom. The molecule has 2 aromatic carbocycles. The number of nitrogens with one attached hydrogen (secondary N) is 3. The van der Waals surface area contributed by atoms with Crippen LogP contribution < -0.4 is 26.3 Å². The maximum absolute atomic E-state index is 12.6. The molecule has 7 heteroatoms. The summed E-state index contributed by atoms with van der Waals surface area (Å²) in [6.07, 6.45) is 0.863. The lowest BCUT2D eigenvalue weighted by molar-refractivity contribution is 0.262. The van der Waals surface area contributed by atoms with Crippen molar-refractivity contribution < 1.29 is 13.9 Å². The first-order valence-electron chi connectivity index (χ1n) is 9.23. The predicted molar refractivity (Wildman–Crippen MR) is 112 cm³/mol. The molecule has 0 aliphatic carbocycles. The van der Waals surface area contributed by atoms with Gasteiger partial charge in [0, 0.05) is 11.9 Å². The molecule has 0 atom stereocenters. The van der Waals surface area contributed by atoms with Gasteiger partial charge in [0.15, 0.2) is 5.69 Å². The summed E-state index contributed by atoms with van der Waals surface area (Å²) >= 11 is 0. The van der Waals surface area contributed by atoms with Gasteiger partial charge >= 0.3 is 11.7 Å². The normalized spacial score (nSPS) is 10.5. The number of amides is 2. The lowest BCUT2D eigenvalue weighted by Gasteiger charge is -2.15. The van der Waals surface area contributed by atoms with E-state index < -0.39 is 11.7 Å². The van der Waals surface area contributed by atoms with E-state index >= 15 is 0 Å². The minimum absolute atomic E-state index is 0.0681.